The Hall–Kier alpha value is -8.60. The van der Waals surface area contributed by atoms with E-state index in [2.05, 4.69) is 240 Å². The van der Waals surface area contributed by atoms with Gasteiger partial charge in [0, 0.05) is 54.8 Å². The summed E-state index contributed by atoms with van der Waals surface area (Å²) in [4.78, 5) is 10.7. The quantitative estimate of drug-likeness (QED) is 0.157. The average molecular weight is 815 g/mol. The van der Waals surface area contributed by atoms with Gasteiger partial charge in [-0.2, -0.15) is 0 Å². The van der Waals surface area contributed by atoms with Crippen LogP contribution in [0.5, 0.6) is 0 Å². The summed E-state index contributed by atoms with van der Waals surface area (Å²) in [6.07, 6.45) is 0. The molecule has 0 radical (unpaired) electrons. The van der Waals surface area contributed by atoms with Crippen LogP contribution in [0.15, 0.2) is 231 Å². The van der Waals surface area contributed by atoms with E-state index in [9.17, 15) is 0 Å². The molecule has 4 heteroatoms. The summed E-state index contributed by atoms with van der Waals surface area (Å²) in [5.74, 6) is 0.697. The van der Waals surface area contributed by atoms with Crippen molar-refractivity contribution in [1.82, 2.24) is 19.1 Å². The molecule has 0 unspecified atom stereocenters. The third-order valence-electron chi connectivity index (χ3n) is 12.9. The molecule has 3 heterocycles. The molecule has 0 atom stereocenters. The summed E-state index contributed by atoms with van der Waals surface area (Å²) in [6.45, 7) is 0. The van der Waals surface area contributed by atoms with Gasteiger partial charge < -0.3 is 9.13 Å². The molecule has 0 N–H and O–H groups in total. The van der Waals surface area contributed by atoms with Crippen molar-refractivity contribution in [3.8, 4) is 56.3 Å². The smallest absolute Gasteiger partial charge is 0.160 e. The van der Waals surface area contributed by atoms with Crippen LogP contribution in [0.2, 0.25) is 0 Å². The van der Waals surface area contributed by atoms with Gasteiger partial charge in [0.05, 0.1) is 33.3 Å². The monoisotopic (exact) mass is 814 g/mol. The fraction of sp³-hybridized carbons (Fsp3) is 0. The number of para-hydroxylation sites is 3. The highest BCUT2D eigenvalue weighted by molar-refractivity contribution is 6.17. The molecule has 0 saturated carbocycles. The van der Waals surface area contributed by atoms with Crippen molar-refractivity contribution in [1.29, 1.82) is 0 Å². The number of hydrogen-bond acceptors (Lipinski definition) is 2. The van der Waals surface area contributed by atoms with Crippen molar-refractivity contribution in [3.05, 3.63) is 231 Å². The van der Waals surface area contributed by atoms with E-state index in [0.29, 0.717) is 5.82 Å². The maximum atomic E-state index is 5.37. The Balaban J connectivity index is 0.969. The Bertz CT molecular complexity index is 3940. The van der Waals surface area contributed by atoms with Crippen LogP contribution in [0, 0.1) is 0 Å². The summed E-state index contributed by atoms with van der Waals surface area (Å²) < 4.78 is 4.79. The summed E-state index contributed by atoms with van der Waals surface area (Å²) >= 11 is 0. The van der Waals surface area contributed by atoms with Crippen molar-refractivity contribution in [2.24, 2.45) is 0 Å². The highest BCUT2D eigenvalue weighted by Crippen LogP contribution is 2.42. The number of fused-ring (bicyclic) bond motifs is 9. The molecule has 4 nitrogen and oxygen atoms in total. The number of hydrogen-bond donors (Lipinski definition) is 0. The molecule has 13 rings (SSSR count). The minimum absolute atomic E-state index is 0.697. The Morgan fingerprint density at radius 1 is 0.297 bits per heavy atom. The topological polar surface area (TPSA) is 35.6 Å². The first-order valence-corrected chi connectivity index (χ1v) is 21.8. The van der Waals surface area contributed by atoms with Gasteiger partial charge in [0.15, 0.2) is 5.82 Å². The summed E-state index contributed by atoms with van der Waals surface area (Å²) in [7, 11) is 0. The van der Waals surface area contributed by atoms with Crippen molar-refractivity contribution >= 4 is 65.3 Å². The van der Waals surface area contributed by atoms with Gasteiger partial charge in [-0.25, -0.2) is 9.97 Å². The second-order valence-corrected chi connectivity index (χ2v) is 16.5. The first-order valence-electron chi connectivity index (χ1n) is 21.8. The Labute approximate surface area is 369 Å². The van der Waals surface area contributed by atoms with E-state index >= 15 is 0 Å². The molecule has 3 aromatic heterocycles. The van der Waals surface area contributed by atoms with Gasteiger partial charge in [0.25, 0.3) is 0 Å². The van der Waals surface area contributed by atoms with Crippen molar-refractivity contribution in [3.63, 3.8) is 0 Å². The minimum Gasteiger partial charge on any atom is -0.309 e. The fourth-order valence-electron chi connectivity index (χ4n) is 9.98. The zero-order valence-electron chi connectivity index (χ0n) is 34.7. The van der Waals surface area contributed by atoms with E-state index in [1.165, 1.54) is 49.3 Å². The van der Waals surface area contributed by atoms with Crippen LogP contribution in [-0.2, 0) is 0 Å². The van der Waals surface area contributed by atoms with E-state index in [-0.39, 0.29) is 0 Å². The summed E-state index contributed by atoms with van der Waals surface area (Å²) in [5.41, 5.74) is 15.5. The Morgan fingerprint density at radius 3 is 1.70 bits per heavy atom. The third kappa shape index (κ3) is 5.70. The van der Waals surface area contributed by atoms with Crippen LogP contribution in [0.4, 0.5) is 0 Å². The van der Waals surface area contributed by atoms with E-state index in [0.717, 1.165) is 66.5 Å². The Morgan fingerprint density at radius 2 is 0.875 bits per heavy atom. The lowest BCUT2D eigenvalue weighted by Crippen LogP contribution is -1.98. The van der Waals surface area contributed by atoms with Crippen molar-refractivity contribution < 1.29 is 0 Å². The predicted molar refractivity (Wildman–Crippen MR) is 267 cm³/mol. The van der Waals surface area contributed by atoms with Gasteiger partial charge in [0.1, 0.15) is 0 Å². The standard InChI is InChI=1S/C60H38N4/c1-3-15-39(16-4-1)42-18-13-19-44(37-42)58-52-36-31-40-17-7-8-22-48(40)59(52)62-60(61-58)41-29-33-46(34-30-41)64-53-26-11-9-23-49(53)50-35-32-43(38-56(50)64)47-25-14-28-55-57(47)51-24-10-12-27-54(51)63(55)45-20-5-2-6-21-45/h1-38H. The van der Waals surface area contributed by atoms with E-state index in [1.54, 1.807) is 0 Å². The maximum Gasteiger partial charge on any atom is 0.160 e. The van der Waals surface area contributed by atoms with Gasteiger partial charge in [-0.05, 0) is 100 Å². The fourth-order valence-corrected chi connectivity index (χ4v) is 9.98. The molecule has 10 aromatic carbocycles. The third-order valence-corrected chi connectivity index (χ3v) is 12.9. The number of rotatable bonds is 6. The van der Waals surface area contributed by atoms with Crippen LogP contribution < -0.4 is 0 Å². The highest BCUT2D eigenvalue weighted by atomic mass is 15.0. The van der Waals surface area contributed by atoms with Crippen molar-refractivity contribution in [2.45, 2.75) is 0 Å². The second-order valence-electron chi connectivity index (χ2n) is 16.5. The normalized spacial score (nSPS) is 11.8. The zero-order valence-corrected chi connectivity index (χ0v) is 34.7. The number of benzene rings is 10. The molecule has 0 bridgehead atoms. The lowest BCUT2D eigenvalue weighted by molar-refractivity contribution is 1.17. The van der Waals surface area contributed by atoms with Gasteiger partial charge in [-0.3, -0.25) is 0 Å². The maximum absolute atomic E-state index is 5.37. The largest absolute Gasteiger partial charge is 0.309 e. The second kappa shape index (κ2) is 14.5. The first-order chi connectivity index (χ1) is 31.7. The van der Waals surface area contributed by atoms with Crippen LogP contribution in [0.1, 0.15) is 0 Å². The number of aromatic nitrogens is 4. The van der Waals surface area contributed by atoms with E-state index in [1.807, 2.05) is 0 Å². The zero-order chi connectivity index (χ0) is 42.1. The molecule has 0 fully saturated rings. The van der Waals surface area contributed by atoms with Crippen molar-refractivity contribution in [2.75, 3.05) is 0 Å². The van der Waals surface area contributed by atoms with E-state index in [4.69, 9.17) is 9.97 Å². The van der Waals surface area contributed by atoms with Crippen LogP contribution in [0.25, 0.3) is 122 Å². The summed E-state index contributed by atoms with van der Waals surface area (Å²) in [5, 5.41) is 8.23. The molecule has 0 amide bonds. The van der Waals surface area contributed by atoms with Crippen LogP contribution >= 0.6 is 0 Å². The Kier molecular flexibility index (Phi) is 8.18. The van der Waals surface area contributed by atoms with Gasteiger partial charge in [0.2, 0.25) is 0 Å². The van der Waals surface area contributed by atoms with E-state index < -0.39 is 0 Å². The molecule has 0 aliphatic carbocycles. The van der Waals surface area contributed by atoms with Gasteiger partial charge in [-0.1, -0.05) is 158 Å². The average Bonchev–Trinajstić information content (AvgIpc) is 3.89. The molecule has 0 saturated heterocycles. The SMILES string of the molecule is c1ccc(-c2cccc(-c3nc(-c4ccc(-n5c6ccccc6c6ccc(-c7cccc8c7c7ccccc7n8-c7ccccc7)cc65)cc4)nc4c3ccc3ccccc34)c2)cc1. The van der Waals surface area contributed by atoms with Gasteiger partial charge in [-0.15, -0.1) is 0 Å². The van der Waals surface area contributed by atoms with Gasteiger partial charge >= 0.3 is 0 Å². The first kappa shape index (κ1) is 36.1. The molecule has 0 aliphatic heterocycles. The molecule has 0 aliphatic rings. The lowest BCUT2D eigenvalue weighted by Gasteiger charge is -2.13. The minimum atomic E-state index is 0.697. The molecular weight excluding hydrogens is 777 g/mol. The highest BCUT2D eigenvalue weighted by Gasteiger charge is 2.19. The molecule has 13 aromatic rings. The number of nitrogens with zero attached hydrogens (tertiary/aromatic N) is 4. The van der Waals surface area contributed by atoms with Crippen LogP contribution in [-0.4, -0.2) is 19.1 Å². The molecular formula is C60H38N4. The predicted octanol–water partition coefficient (Wildman–Crippen LogP) is 15.6. The summed E-state index contributed by atoms with van der Waals surface area (Å²) in [6, 6.07) is 82.7. The lowest BCUT2D eigenvalue weighted by atomic mass is 9.98. The van der Waals surface area contributed by atoms with Crippen LogP contribution in [0.3, 0.4) is 0 Å². The molecule has 298 valence electrons. The molecule has 64 heavy (non-hydrogen) atoms. The molecule has 0 spiro atoms.